The number of nitrogens with zero attached hydrogens (tertiary/aromatic N) is 2. The van der Waals surface area contributed by atoms with E-state index < -0.39 is 0 Å². The van der Waals surface area contributed by atoms with Crippen LogP contribution in [0.15, 0.2) is 24.3 Å². The fourth-order valence-corrected chi connectivity index (χ4v) is 3.08. The minimum absolute atomic E-state index is 0.419. The Bertz CT molecular complexity index is 405. The second kappa shape index (κ2) is 6.40. The first kappa shape index (κ1) is 14.4. The van der Waals surface area contributed by atoms with Gasteiger partial charge in [0.05, 0.1) is 0 Å². The fraction of sp³-hybridized carbons (Fsp3) is 0.625. The second-order valence-corrected chi connectivity index (χ2v) is 5.71. The first-order valence-electron chi connectivity index (χ1n) is 7.41. The molecule has 2 atom stereocenters. The molecule has 0 saturated carbocycles. The minimum Gasteiger partial charge on any atom is -0.399 e. The highest BCUT2D eigenvalue weighted by molar-refractivity contribution is 5.41. The molecule has 19 heavy (non-hydrogen) atoms. The molecule has 1 saturated heterocycles. The number of likely N-dealkylation sites (N-methyl/N-ethyl adjacent to an activating group) is 2. The Labute approximate surface area is 117 Å². The van der Waals surface area contributed by atoms with Crippen molar-refractivity contribution in [1.82, 2.24) is 9.80 Å². The van der Waals surface area contributed by atoms with Gasteiger partial charge in [-0.3, -0.25) is 9.80 Å². The number of nitrogens with two attached hydrogens (primary N) is 1. The summed E-state index contributed by atoms with van der Waals surface area (Å²) in [5, 5.41) is 0. The van der Waals surface area contributed by atoms with E-state index in [1.165, 1.54) is 31.5 Å². The van der Waals surface area contributed by atoms with Crippen molar-refractivity contribution < 1.29 is 0 Å². The number of hydrogen-bond donors (Lipinski definition) is 1. The van der Waals surface area contributed by atoms with Gasteiger partial charge in [-0.1, -0.05) is 19.1 Å². The van der Waals surface area contributed by atoms with E-state index in [0.29, 0.717) is 6.04 Å². The van der Waals surface area contributed by atoms with Crippen LogP contribution < -0.4 is 5.73 Å². The van der Waals surface area contributed by atoms with E-state index in [9.17, 15) is 0 Å². The molecule has 0 bridgehead atoms. The number of anilines is 1. The van der Waals surface area contributed by atoms with Crippen molar-refractivity contribution in [2.24, 2.45) is 0 Å². The summed E-state index contributed by atoms with van der Waals surface area (Å²) >= 11 is 0. The molecule has 2 rings (SSSR count). The standard InChI is InChI=1S/C16H27N3/c1-4-19-10-6-9-16(19)12-18(3)13(2)14-7-5-8-15(17)11-14/h5,7-8,11,13,16H,4,6,9-10,12,17H2,1-3H3. The van der Waals surface area contributed by atoms with Gasteiger partial charge in [0.25, 0.3) is 0 Å². The second-order valence-electron chi connectivity index (χ2n) is 5.71. The molecule has 3 heteroatoms. The summed E-state index contributed by atoms with van der Waals surface area (Å²) in [6.45, 7) is 8.11. The Morgan fingerprint density at radius 2 is 2.26 bits per heavy atom. The first-order chi connectivity index (χ1) is 9.11. The fourth-order valence-electron chi connectivity index (χ4n) is 3.08. The lowest BCUT2D eigenvalue weighted by Gasteiger charge is -2.31. The van der Waals surface area contributed by atoms with Crippen LogP contribution >= 0.6 is 0 Å². The lowest BCUT2D eigenvalue weighted by Crippen LogP contribution is -2.39. The molecule has 1 fully saturated rings. The maximum Gasteiger partial charge on any atom is 0.0318 e. The van der Waals surface area contributed by atoms with E-state index in [-0.39, 0.29) is 0 Å². The van der Waals surface area contributed by atoms with Gasteiger partial charge in [0.2, 0.25) is 0 Å². The normalized spacial score (nSPS) is 22.0. The molecule has 0 radical (unpaired) electrons. The van der Waals surface area contributed by atoms with Crippen LogP contribution in [0, 0.1) is 0 Å². The summed E-state index contributed by atoms with van der Waals surface area (Å²) in [5.41, 5.74) is 8.04. The predicted molar refractivity (Wildman–Crippen MR) is 82.2 cm³/mol. The summed E-state index contributed by atoms with van der Waals surface area (Å²) in [6, 6.07) is 9.40. The van der Waals surface area contributed by atoms with Gasteiger partial charge in [0, 0.05) is 24.3 Å². The SMILES string of the molecule is CCN1CCCC1CN(C)C(C)c1cccc(N)c1. The smallest absolute Gasteiger partial charge is 0.0318 e. The molecular formula is C16H27N3. The summed E-state index contributed by atoms with van der Waals surface area (Å²) in [6.07, 6.45) is 2.68. The van der Waals surface area contributed by atoms with Gasteiger partial charge in [-0.05, 0) is 57.6 Å². The molecular weight excluding hydrogens is 234 g/mol. The van der Waals surface area contributed by atoms with Gasteiger partial charge >= 0.3 is 0 Å². The monoisotopic (exact) mass is 261 g/mol. The Balaban J connectivity index is 1.97. The van der Waals surface area contributed by atoms with Gasteiger partial charge in [-0.2, -0.15) is 0 Å². The maximum atomic E-state index is 5.88. The van der Waals surface area contributed by atoms with Crippen molar-refractivity contribution in [3.05, 3.63) is 29.8 Å². The largest absolute Gasteiger partial charge is 0.399 e. The van der Waals surface area contributed by atoms with Gasteiger partial charge in [0.15, 0.2) is 0 Å². The van der Waals surface area contributed by atoms with Crippen LogP contribution in [0.3, 0.4) is 0 Å². The molecule has 2 N–H and O–H groups in total. The minimum atomic E-state index is 0.419. The summed E-state index contributed by atoms with van der Waals surface area (Å²) in [4.78, 5) is 5.05. The molecule has 0 aromatic heterocycles. The predicted octanol–water partition coefficient (Wildman–Crippen LogP) is 2.75. The Morgan fingerprint density at radius 3 is 2.95 bits per heavy atom. The van der Waals surface area contributed by atoms with Crippen molar-refractivity contribution in [2.75, 3.05) is 32.4 Å². The molecule has 0 aliphatic carbocycles. The number of hydrogen-bond acceptors (Lipinski definition) is 3. The van der Waals surface area contributed by atoms with E-state index in [1.807, 2.05) is 12.1 Å². The summed E-state index contributed by atoms with van der Waals surface area (Å²) < 4.78 is 0. The quantitative estimate of drug-likeness (QED) is 0.827. The lowest BCUT2D eigenvalue weighted by atomic mass is 10.1. The zero-order valence-electron chi connectivity index (χ0n) is 12.5. The van der Waals surface area contributed by atoms with Crippen molar-refractivity contribution in [2.45, 2.75) is 38.8 Å². The molecule has 0 spiro atoms. The Morgan fingerprint density at radius 1 is 1.47 bits per heavy atom. The van der Waals surface area contributed by atoms with Gasteiger partial charge in [-0.15, -0.1) is 0 Å². The molecule has 2 unspecified atom stereocenters. The number of benzene rings is 1. The van der Waals surface area contributed by atoms with Crippen LogP contribution in [0.2, 0.25) is 0 Å². The average Bonchev–Trinajstić information content (AvgIpc) is 2.85. The molecule has 3 nitrogen and oxygen atoms in total. The van der Waals surface area contributed by atoms with Crippen LogP contribution in [0.25, 0.3) is 0 Å². The topological polar surface area (TPSA) is 32.5 Å². The van der Waals surface area contributed by atoms with E-state index in [0.717, 1.165) is 18.3 Å². The van der Waals surface area contributed by atoms with Crippen LogP contribution in [0.4, 0.5) is 5.69 Å². The molecule has 1 aliphatic rings. The van der Waals surface area contributed by atoms with E-state index in [1.54, 1.807) is 0 Å². The molecule has 1 aliphatic heterocycles. The average molecular weight is 261 g/mol. The molecule has 0 amide bonds. The summed E-state index contributed by atoms with van der Waals surface area (Å²) in [7, 11) is 2.22. The zero-order valence-corrected chi connectivity index (χ0v) is 12.5. The maximum absolute atomic E-state index is 5.88. The van der Waals surface area contributed by atoms with E-state index >= 15 is 0 Å². The lowest BCUT2D eigenvalue weighted by molar-refractivity contribution is 0.170. The highest BCUT2D eigenvalue weighted by Crippen LogP contribution is 2.24. The number of nitrogen functional groups attached to an aromatic ring is 1. The highest BCUT2D eigenvalue weighted by Gasteiger charge is 2.25. The van der Waals surface area contributed by atoms with E-state index in [4.69, 9.17) is 5.73 Å². The van der Waals surface area contributed by atoms with Crippen molar-refractivity contribution in [3.63, 3.8) is 0 Å². The molecule has 1 aromatic carbocycles. The highest BCUT2D eigenvalue weighted by atomic mass is 15.2. The zero-order chi connectivity index (χ0) is 13.8. The molecule has 1 aromatic rings. The van der Waals surface area contributed by atoms with Gasteiger partial charge in [0.1, 0.15) is 0 Å². The van der Waals surface area contributed by atoms with E-state index in [2.05, 4.69) is 42.8 Å². The van der Waals surface area contributed by atoms with Crippen LogP contribution in [-0.4, -0.2) is 42.5 Å². The Hall–Kier alpha value is -1.06. The van der Waals surface area contributed by atoms with Crippen LogP contribution in [-0.2, 0) is 0 Å². The number of rotatable bonds is 5. The third kappa shape index (κ3) is 3.48. The molecule has 106 valence electrons. The molecule has 1 heterocycles. The van der Waals surface area contributed by atoms with Gasteiger partial charge in [-0.25, -0.2) is 0 Å². The van der Waals surface area contributed by atoms with Crippen LogP contribution in [0.1, 0.15) is 38.3 Å². The van der Waals surface area contributed by atoms with Gasteiger partial charge < -0.3 is 5.73 Å². The number of likely N-dealkylation sites (tertiary alicyclic amines) is 1. The first-order valence-corrected chi connectivity index (χ1v) is 7.41. The third-order valence-electron chi connectivity index (χ3n) is 4.46. The van der Waals surface area contributed by atoms with Crippen LogP contribution in [0.5, 0.6) is 0 Å². The van der Waals surface area contributed by atoms with Crippen molar-refractivity contribution in [3.8, 4) is 0 Å². The third-order valence-corrected chi connectivity index (χ3v) is 4.46. The van der Waals surface area contributed by atoms with Crippen molar-refractivity contribution >= 4 is 5.69 Å². The summed E-state index contributed by atoms with van der Waals surface area (Å²) in [5.74, 6) is 0. The Kier molecular flexibility index (Phi) is 4.83. The van der Waals surface area contributed by atoms with Crippen molar-refractivity contribution in [1.29, 1.82) is 0 Å².